The van der Waals surface area contributed by atoms with E-state index in [9.17, 15) is 9.18 Å². The third-order valence-electron chi connectivity index (χ3n) is 2.16. The first-order valence-corrected chi connectivity index (χ1v) is 4.88. The van der Waals surface area contributed by atoms with Crippen LogP contribution in [0.2, 0.25) is 0 Å². The summed E-state index contributed by atoms with van der Waals surface area (Å²) in [6.45, 7) is 0. The molecule has 0 radical (unpaired) electrons. The fourth-order valence-electron chi connectivity index (χ4n) is 1.38. The van der Waals surface area contributed by atoms with Gasteiger partial charge in [0.2, 0.25) is 5.95 Å². The van der Waals surface area contributed by atoms with Crippen LogP contribution in [0.15, 0.2) is 36.5 Å². The molecule has 4 nitrogen and oxygen atoms in total. The van der Waals surface area contributed by atoms with Crippen molar-refractivity contribution in [3.8, 4) is 11.4 Å². The number of rotatable bonds is 2. The van der Waals surface area contributed by atoms with Gasteiger partial charge in [0, 0.05) is 17.8 Å². The Bertz CT molecular complexity index is 558. The molecule has 1 heterocycles. The average molecular weight is 232 g/mol. The van der Waals surface area contributed by atoms with Gasteiger partial charge in [-0.15, -0.1) is 0 Å². The minimum atomic E-state index is -0.613. The van der Waals surface area contributed by atoms with Gasteiger partial charge in [0.15, 0.2) is 5.82 Å². The van der Waals surface area contributed by atoms with Gasteiger partial charge in [0.05, 0.1) is 12.7 Å². The van der Waals surface area contributed by atoms with Crippen LogP contribution in [0.5, 0.6) is 0 Å². The van der Waals surface area contributed by atoms with Crippen LogP contribution in [0.3, 0.4) is 0 Å². The van der Waals surface area contributed by atoms with Crippen molar-refractivity contribution in [1.29, 1.82) is 0 Å². The Morgan fingerprint density at radius 1 is 1.35 bits per heavy atom. The molecule has 1 aromatic heterocycles. The van der Waals surface area contributed by atoms with Crippen LogP contribution in [0.4, 0.5) is 4.39 Å². The summed E-state index contributed by atoms with van der Waals surface area (Å²) in [6, 6.07) is 7.68. The summed E-state index contributed by atoms with van der Waals surface area (Å²) in [5, 5.41) is 0. The Hall–Kier alpha value is -2.30. The second-order valence-corrected chi connectivity index (χ2v) is 3.28. The van der Waals surface area contributed by atoms with Crippen LogP contribution < -0.4 is 0 Å². The number of methoxy groups -OCH3 is 1. The second-order valence-electron chi connectivity index (χ2n) is 3.28. The SMILES string of the molecule is COC(=O)c1cccc(-c2nccc(F)n2)c1. The number of benzene rings is 1. The molecule has 0 fully saturated rings. The van der Waals surface area contributed by atoms with Crippen molar-refractivity contribution in [2.45, 2.75) is 0 Å². The van der Waals surface area contributed by atoms with E-state index in [1.54, 1.807) is 24.3 Å². The van der Waals surface area contributed by atoms with Crippen molar-refractivity contribution in [1.82, 2.24) is 9.97 Å². The molecule has 0 saturated heterocycles. The largest absolute Gasteiger partial charge is 0.465 e. The highest BCUT2D eigenvalue weighted by Crippen LogP contribution is 2.16. The number of aromatic nitrogens is 2. The lowest BCUT2D eigenvalue weighted by Gasteiger charge is -2.02. The first kappa shape index (κ1) is 11.2. The molecular weight excluding hydrogens is 223 g/mol. The van der Waals surface area contributed by atoms with Crippen molar-refractivity contribution in [2.24, 2.45) is 0 Å². The van der Waals surface area contributed by atoms with Gasteiger partial charge in [-0.1, -0.05) is 12.1 Å². The highest BCUT2D eigenvalue weighted by atomic mass is 19.1. The normalized spacial score (nSPS) is 10.0. The molecule has 0 amide bonds. The Balaban J connectivity index is 2.43. The molecule has 0 bridgehead atoms. The predicted molar refractivity (Wildman–Crippen MR) is 58.8 cm³/mol. The van der Waals surface area contributed by atoms with Crippen LogP contribution in [0, 0.1) is 5.95 Å². The minimum Gasteiger partial charge on any atom is -0.465 e. The van der Waals surface area contributed by atoms with Gasteiger partial charge in [0.1, 0.15) is 0 Å². The van der Waals surface area contributed by atoms with Gasteiger partial charge in [-0.2, -0.15) is 9.37 Å². The lowest BCUT2D eigenvalue weighted by atomic mass is 10.1. The molecule has 1 aromatic carbocycles. The second kappa shape index (κ2) is 4.69. The molecule has 0 N–H and O–H groups in total. The number of carbonyl (C=O) groups is 1. The van der Waals surface area contributed by atoms with Crippen molar-refractivity contribution >= 4 is 5.97 Å². The average Bonchev–Trinajstić information content (AvgIpc) is 2.38. The molecule has 0 atom stereocenters. The third-order valence-corrected chi connectivity index (χ3v) is 2.16. The monoisotopic (exact) mass is 232 g/mol. The van der Waals surface area contributed by atoms with Gasteiger partial charge in [-0.3, -0.25) is 0 Å². The molecule has 2 aromatic rings. The standard InChI is InChI=1S/C12H9FN2O2/c1-17-12(16)9-4-2-3-8(7-9)11-14-6-5-10(13)15-11/h2-7H,1H3. The highest BCUT2D eigenvalue weighted by Gasteiger charge is 2.08. The summed E-state index contributed by atoms with van der Waals surface area (Å²) in [7, 11) is 1.30. The zero-order valence-corrected chi connectivity index (χ0v) is 9.05. The number of ether oxygens (including phenoxy) is 1. The summed E-state index contributed by atoms with van der Waals surface area (Å²) >= 11 is 0. The van der Waals surface area contributed by atoms with Gasteiger partial charge < -0.3 is 4.74 Å². The van der Waals surface area contributed by atoms with Gasteiger partial charge in [0.25, 0.3) is 0 Å². The Kier molecular flexibility index (Phi) is 3.09. The zero-order valence-electron chi connectivity index (χ0n) is 9.05. The Labute approximate surface area is 97.1 Å². The summed E-state index contributed by atoms with van der Waals surface area (Å²) in [5.74, 6) is -0.836. The molecule has 86 valence electrons. The molecule has 0 aliphatic carbocycles. The predicted octanol–water partition coefficient (Wildman–Crippen LogP) is 2.07. The van der Waals surface area contributed by atoms with E-state index in [0.29, 0.717) is 11.1 Å². The van der Waals surface area contributed by atoms with Crippen LogP contribution in [-0.4, -0.2) is 23.0 Å². The first-order chi connectivity index (χ1) is 8.20. The molecule has 17 heavy (non-hydrogen) atoms. The molecule has 0 spiro atoms. The molecule has 0 aliphatic heterocycles. The molecule has 5 heteroatoms. The number of carbonyl (C=O) groups excluding carboxylic acids is 1. The van der Waals surface area contributed by atoms with Gasteiger partial charge in [-0.05, 0) is 12.1 Å². The van der Waals surface area contributed by atoms with E-state index >= 15 is 0 Å². The number of nitrogens with zero attached hydrogens (tertiary/aromatic N) is 2. The van der Waals surface area contributed by atoms with Crippen molar-refractivity contribution in [3.05, 3.63) is 48.0 Å². The van der Waals surface area contributed by atoms with Crippen LogP contribution in [-0.2, 0) is 4.74 Å². The lowest BCUT2D eigenvalue weighted by Crippen LogP contribution is -2.01. The third kappa shape index (κ3) is 2.44. The van der Waals surface area contributed by atoms with Crippen LogP contribution >= 0.6 is 0 Å². The fraction of sp³-hybridized carbons (Fsp3) is 0.0833. The van der Waals surface area contributed by atoms with E-state index in [2.05, 4.69) is 14.7 Å². The van der Waals surface area contributed by atoms with Crippen molar-refractivity contribution < 1.29 is 13.9 Å². The maximum absolute atomic E-state index is 12.9. The number of esters is 1. The molecule has 0 aliphatic rings. The molecule has 2 rings (SSSR count). The number of hydrogen-bond donors (Lipinski definition) is 0. The van der Waals surface area contributed by atoms with Crippen LogP contribution in [0.25, 0.3) is 11.4 Å². The van der Waals surface area contributed by atoms with E-state index in [1.807, 2.05) is 0 Å². The van der Waals surface area contributed by atoms with E-state index in [1.165, 1.54) is 13.3 Å². The van der Waals surface area contributed by atoms with Crippen molar-refractivity contribution in [2.75, 3.05) is 7.11 Å². The Morgan fingerprint density at radius 2 is 2.18 bits per heavy atom. The minimum absolute atomic E-state index is 0.232. The number of halogens is 1. The summed E-state index contributed by atoms with van der Waals surface area (Å²) in [5.41, 5.74) is 0.935. The fourth-order valence-corrected chi connectivity index (χ4v) is 1.38. The van der Waals surface area contributed by atoms with Crippen LogP contribution in [0.1, 0.15) is 10.4 Å². The quantitative estimate of drug-likeness (QED) is 0.587. The Morgan fingerprint density at radius 3 is 2.88 bits per heavy atom. The lowest BCUT2D eigenvalue weighted by molar-refractivity contribution is 0.0601. The summed E-state index contributed by atoms with van der Waals surface area (Å²) in [6.07, 6.45) is 1.32. The molecular formula is C12H9FN2O2. The van der Waals surface area contributed by atoms with Crippen molar-refractivity contribution in [3.63, 3.8) is 0 Å². The smallest absolute Gasteiger partial charge is 0.337 e. The zero-order chi connectivity index (χ0) is 12.3. The van der Waals surface area contributed by atoms with E-state index < -0.39 is 11.9 Å². The highest BCUT2D eigenvalue weighted by molar-refractivity contribution is 5.90. The maximum Gasteiger partial charge on any atom is 0.337 e. The van der Waals surface area contributed by atoms with Gasteiger partial charge in [-0.25, -0.2) is 9.78 Å². The van der Waals surface area contributed by atoms with E-state index in [4.69, 9.17) is 0 Å². The number of hydrogen-bond acceptors (Lipinski definition) is 4. The summed E-state index contributed by atoms with van der Waals surface area (Å²) < 4.78 is 17.5. The summed E-state index contributed by atoms with van der Waals surface area (Å²) in [4.78, 5) is 18.9. The van der Waals surface area contributed by atoms with E-state index in [0.717, 1.165) is 6.07 Å². The first-order valence-electron chi connectivity index (χ1n) is 4.88. The molecule has 0 unspecified atom stereocenters. The maximum atomic E-state index is 12.9. The van der Waals surface area contributed by atoms with E-state index in [-0.39, 0.29) is 5.82 Å². The topological polar surface area (TPSA) is 52.1 Å². The van der Waals surface area contributed by atoms with Gasteiger partial charge >= 0.3 is 5.97 Å². The molecule has 0 saturated carbocycles.